The first-order valence-electron chi connectivity index (χ1n) is 7.61. The lowest BCUT2D eigenvalue weighted by atomic mass is 10.2. The van der Waals surface area contributed by atoms with E-state index in [1.165, 1.54) is 6.21 Å². The zero-order valence-corrected chi connectivity index (χ0v) is 14.0. The van der Waals surface area contributed by atoms with Crippen molar-refractivity contribution in [1.29, 1.82) is 0 Å². The first-order valence-corrected chi connectivity index (χ1v) is 7.98. The zero-order valence-electron chi connectivity index (χ0n) is 13.2. The van der Waals surface area contributed by atoms with Gasteiger partial charge in [-0.1, -0.05) is 41.4 Å². The Labute approximate surface area is 146 Å². The van der Waals surface area contributed by atoms with Crippen molar-refractivity contribution >= 4 is 39.8 Å². The summed E-state index contributed by atoms with van der Waals surface area (Å²) in [5.41, 5.74) is 2.09. The summed E-state index contributed by atoms with van der Waals surface area (Å²) in [5, 5.41) is 5.29. The monoisotopic (exact) mass is 352 g/mol. The third-order valence-corrected chi connectivity index (χ3v) is 4.35. The SMILES string of the molecule is Cc1ccc2[nH]c3c(=O)n(N=Cc4ccccc4Cl)c(=O)[nH]c3c2c1. The molecule has 2 N–H and O–H groups in total. The molecule has 0 amide bonds. The van der Waals surface area contributed by atoms with Gasteiger partial charge in [-0.05, 0) is 25.1 Å². The second kappa shape index (κ2) is 5.75. The summed E-state index contributed by atoms with van der Waals surface area (Å²) in [5.74, 6) is 0. The molecule has 124 valence electrons. The molecule has 7 heteroatoms. The number of rotatable bonds is 2. The van der Waals surface area contributed by atoms with Crippen LogP contribution in [-0.4, -0.2) is 20.9 Å². The maximum atomic E-state index is 12.7. The molecule has 4 aromatic rings. The van der Waals surface area contributed by atoms with E-state index in [0.29, 0.717) is 21.6 Å². The van der Waals surface area contributed by atoms with E-state index in [-0.39, 0.29) is 0 Å². The van der Waals surface area contributed by atoms with Crippen molar-refractivity contribution in [3.05, 3.63) is 79.5 Å². The number of halogens is 1. The minimum atomic E-state index is -0.608. The second-order valence-corrected chi connectivity index (χ2v) is 6.14. The molecule has 25 heavy (non-hydrogen) atoms. The van der Waals surface area contributed by atoms with Crippen LogP contribution < -0.4 is 11.2 Å². The number of fused-ring (bicyclic) bond motifs is 3. The van der Waals surface area contributed by atoms with Crippen LogP contribution in [0.5, 0.6) is 0 Å². The van der Waals surface area contributed by atoms with Crippen LogP contribution in [-0.2, 0) is 0 Å². The molecule has 0 aliphatic rings. The Morgan fingerprint density at radius 1 is 1.08 bits per heavy atom. The van der Waals surface area contributed by atoms with Crippen molar-refractivity contribution < 1.29 is 0 Å². The Morgan fingerprint density at radius 2 is 1.88 bits per heavy atom. The summed E-state index contributed by atoms with van der Waals surface area (Å²) >= 11 is 6.06. The minimum absolute atomic E-state index is 0.302. The summed E-state index contributed by atoms with van der Waals surface area (Å²) in [6.07, 6.45) is 1.39. The Balaban J connectivity index is 1.94. The fourth-order valence-corrected chi connectivity index (χ4v) is 2.94. The van der Waals surface area contributed by atoms with E-state index in [9.17, 15) is 9.59 Å². The van der Waals surface area contributed by atoms with E-state index in [2.05, 4.69) is 15.1 Å². The van der Waals surface area contributed by atoms with Gasteiger partial charge in [-0.25, -0.2) is 4.79 Å². The van der Waals surface area contributed by atoms with Crippen molar-refractivity contribution in [2.45, 2.75) is 6.92 Å². The van der Waals surface area contributed by atoms with Crippen LogP contribution in [0.2, 0.25) is 5.02 Å². The molecule has 2 aromatic heterocycles. The molecule has 2 aromatic carbocycles. The van der Waals surface area contributed by atoms with Gasteiger partial charge in [0, 0.05) is 21.5 Å². The van der Waals surface area contributed by atoms with E-state index in [1.807, 2.05) is 25.1 Å². The lowest BCUT2D eigenvalue weighted by Crippen LogP contribution is -2.32. The largest absolute Gasteiger partial charge is 0.350 e. The van der Waals surface area contributed by atoms with Crippen LogP contribution in [0.4, 0.5) is 0 Å². The van der Waals surface area contributed by atoms with E-state index >= 15 is 0 Å². The Kier molecular flexibility index (Phi) is 3.54. The third kappa shape index (κ3) is 2.56. The molecule has 4 rings (SSSR count). The van der Waals surface area contributed by atoms with Gasteiger partial charge in [-0.15, -0.1) is 4.68 Å². The number of hydrogen-bond acceptors (Lipinski definition) is 3. The molecule has 0 atom stereocenters. The smallest absolute Gasteiger partial charge is 0.349 e. The van der Waals surface area contributed by atoms with Gasteiger partial charge in [0.15, 0.2) is 0 Å². The molecular formula is C18H13ClN4O2. The number of benzene rings is 2. The first kappa shape index (κ1) is 15.4. The summed E-state index contributed by atoms with van der Waals surface area (Å²) in [7, 11) is 0. The maximum absolute atomic E-state index is 12.7. The molecule has 0 fully saturated rings. The maximum Gasteiger partial charge on any atom is 0.350 e. The highest BCUT2D eigenvalue weighted by molar-refractivity contribution is 6.33. The fourth-order valence-electron chi connectivity index (χ4n) is 2.76. The summed E-state index contributed by atoms with van der Waals surface area (Å²) in [6, 6.07) is 12.8. The fraction of sp³-hybridized carbons (Fsp3) is 0.0556. The lowest BCUT2D eigenvalue weighted by molar-refractivity contribution is 0.770. The van der Waals surface area contributed by atoms with Gasteiger partial charge in [-0.2, -0.15) is 5.10 Å². The van der Waals surface area contributed by atoms with Gasteiger partial charge in [0.1, 0.15) is 5.52 Å². The standard InChI is InChI=1S/C18H13ClN4O2/c1-10-6-7-14-12(8-10)15-16(21-14)17(24)23(18(25)22-15)20-9-11-4-2-3-5-13(11)19/h2-9,21H,1H3,(H,22,25). The highest BCUT2D eigenvalue weighted by atomic mass is 35.5. The molecule has 0 radical (unpaired) electrons. The molecule has 0 aliphatic carbocycles. The highest BCUT2D eigenvalue weighted by Crippen LogP contribution is 2.21. The number of aryl methyl sites for hydroxylation is 1. The van der Waals surface area contributed by atoms with Crippen molar-refractivity contribution in [2.24, 2.45) is 5.10 Å². The van der Waals surface area contributed by atoms with Crippen molar-refractivity contribution in [2.75, 3.05) is 0 Å². The number of nitrogens with zero attached hydrogens (tertiary/aromatic N) is 2. The van der Waals surface area contributed by atoms with Crippen LogP contribution in [0.3, 0.4) is 0 Å². The zero-order chi connectivity index (χ0) is 17.6. The van der Waals surface area contributed by atoms with Crippen LogP contribution in [0.15, 0.2) is 57.2 Å². The van der Waals surface area contributed by atoms with Crippen LogP contribution in [0, 0.1) is 6.92 Å². The first-order chi connectivity index (χ1) is 12.0. The molecule has 0 unspecified atom stereocenters. The lowest BCUT2D eigenvalue weighted by Gasteiger charge is -1.99. The van der Waals surface area contributed by atoms with Gasteiger partial charge in [0.25, 0.3) is 0 Å². The average Bonchev–Trinajstić information content (AvgIpc) is 2.94. The molecule has 0 aliphatic heterocycles. The summed E-state index contributed by atoms with van der Waals surface area (Å²) in [6.45, 7) is 1.95. The van der Waals surface area contributed by atoms with E-state index < -0.39 is 11.2 Å². The Morgan fingerprint density at radius 3 is 2.68 bits per heavy atom. The topological polar surface area (TPSA) is 83.0 Å². The van der Waals surface area contributed by atoms with Crippen molar-refractivity contribution in [3.8, 4) is 0 Å². The predicted molar refractivity (Wildman–Crippen MR) is 99.9 cm³/mol. The molecule has 2 heterocycles. The molecular weight excluding hydrogens is 340 g/mol. The van der Waals surface area contributed by atoms with Gasteiger partial charge in [-0.3, -0.25) is 4.79 Å². The van der Waals surface area contributed by atoms with Gasteiger partial charge in [0.2, 0.25) is 0 Å². The van der Waals surface area contributed by atoms with Crippen molar-refractivity contribution in [1.82, 2.24) is 14.6 Å². The number of nitrogens with one attached hydrogen (secondary N) is 2. The van der Waals surface area contributed by atoms with Crippen molar-refractivity contribution in [3.63, 3.8) is 0 Å². The average molecular weight is 353 g/mol. The predicted octanol–water partition coefficient (Wildman–Crippen LogP) is 3.02. The second-order valence-electron chi connectivity index (χ2n) is 5.74. The molecule has 0 saturated carbocycles. The molecule has 0 saturated heterocycles. The third-order valence-electron chi connectivity index (χ3n) is 4.00. The number of aromatic amines is 2. The molecule has 6 nitrogen and oxygen atoms in total. The number of aromatic nitrogens is 3. The van der Waals surface area contributed by atoms with Crippen LogP contribution >= 0.6 is 11.6 Å². The summed E-state index contributed by atoms with van der Waals surface area (Å²) in [4.78, 5) is 30.8. The van der Waals surface area contributed by atoms with Gasteiger partial charge >= 0.3 is 11.2 Å². The Hall–Kier alpha value is -3.12. The van der Waals surface area contributed by atoms with E-state index in [1.54, 1.807) is 24.3 Å². The normalized spacial score (nSPS) is 11.8. The highest BCUT2D eigenvalue weighted by Gasteiger charge is 2.12. The summed E-state index contributed by atoms with van der Waals surface area (Å²) < 4.78 is 0.786. The molecule has 0 bridgehead atoms. The van der Waals surface area contributed by atoms with E-state index in [0.717, 1.165) is 21.1 Å². The molecule has 0 spiro atoms. The minimum Gasteiger partial charge on any atom is -0.349 e. The van der Waals surface area contributed by atoms with Crippen LogP contribution in [0.1, 0.15) is 11.1 Å². The van der Waals surface area contributed by atoms with Gasteiger partial charge < -0.3 is 9.97 Å². The number of H-pyrrole nitrogens is 2. The quantitative estimate of drug-likeness (QED) is 0.543. The van der Waals surface area contributed by atoms with E-state index in [4.69, 9.17) is 11.6 Å². The van der Waals surface area contributed by atoms with Crippen LogP contribution in [0.25, 0.3) is 21.9 Å². The Bertz CT molecular complexity index is 1260. The van der Waals surface area contributed by atoms with Gasteiger partial charge in [0.05, 0.1) is 11.7 Å². The number of hydrogen-bond donors (Lipinski definition) is 2.